The van der Waals surface area contributed by atoms with Crippen LogP contribution in [0.3, 0.4) is 0 Å². The smallest absolute Gasteiger partial charge is 0.405 e. The number of halogens is 3. The molecule has 2 rings (SSSR count). The molecule has 0 bridgehead atoms. The van der Waals surface area contributed by atoms with Crippen LogP contribution in [0.25, 0.3) is 0 Å². The first-order valence-electron chi connectivity index (χ1n) is 7.02. The van der Waals surface area contributed by atoms with Crippen molar-refractivity contribution in [2.24, 2.45) is 0 Å². The Labute approximate surface area is 136 Å². The molecule has 0 aliphatic rings. The lowest BCUT2D eigenvalue weighted by Crippen LogP contribution is -2.21. The number of aromatic nitrogens is 3. The standard InChI is InChI=1S/C14H17F3N6O/c1-7(2)8-4-20-11(22-6-14(15,16)17)3-9(8)24-10-5-21-13(19)23-12(10)18/h3-5,7H,6H2,1-2H3,(H,20,22)(H4,18,19,21,23). The van der Waals surface area contributed by atoms with E-state index in [1.54, 1.807) is 0 Å². The summed E-state index contributed by atoms with van der Waals surface area (Å²) in [6.45, 7) is 2.60. The molecular formula is C14H17F3N6O. The Balaban J connectivity index is 2.31. The van der Waals surface area contributed by atoms with Gasteiger partial charge in [0.1, 0.15) is 18.1 Å². The van der Waals surface area contributed by atoms with Gasteiger partial charge in [-0.1, -0.05) is 13.8 Å². The van der Waals surface area contributed by atoms with Gasteiger partial charge < -0.3 is 21.5 Å². The molecule has 2 heterocycles. The van der Waals surface area contributed by atoms with Gasteiger partial charge in [0.2, 0.25) is 5.95 Å². The Hall–Kier alpha value is -2.78. The van der Waals surface area contributed by atoms with Crippen LogP contribution in [-0.4, -0.2) is 27.7 Å². The van der Waals surface area contributed by atoms with Crippen LogP contribution >= 0.6 is 0 Å². The Morgan fingerprint density at radius 2 is 1.88 bits per heavy atom. The number of alkyl halides is 3. The lowest BCUT2D eigenvalue weighted by atomic mass is 10.0. The predicted molar refractivity (Wildman–Crippen MR) is 83.8 cm³/mol. The van der Waals surface area contributed by atoms with E-state index >= 15 is 0 Å². The molecule has 0 spiro atoms. The minimum absolute atomic E-state index is 0.00815. The van der Waals surface area contributed by atoms with E-state index in [1.807, 2.05) is 13.8 Å². The molecule has 0 saturated heterocycles. The topological polar surface area (TPSA) is 112 Å². The maximum absolute atomic E-state index is 12.3. The van der Waals surface area contributed by atoms with Gasteiger partial charge in [0.25, 0.3) is 0 Å². The number of anilines is 3. The highest BCUT2D eigenvalue weighted by atomic mass is 19.4. The lowest BCUT2D eigenvalue weighted by molar-refractivity contribution is -0.115. The fraction of sp³-hybridized carbons (Fsp3) is 0.357. The van der Waals surface area contributed by atoms with Gasteiger partial charge >= 0.3 is 6.18 Å². The highest BCUT2D eigenvalue weighted by Gasteiger charge is 2.27. The molecule has 0 fully saturated rings. The zero-order valence-electron chi connectivity index (χ0n) is 13.1. The maximum atomic E-state index is 12.3. The fourth-order valence-corrected chi connectivity index (χ4v) is 1.85. The van der Waals surface area contributed by atoms with Crippen molar-refractivity contribution < 1.29 is 17.9 Å². The number of hydrogen-bond donors (Lipinski definition) is 3. The van der Waals surface area contributed by atoms with Crippen molar-refractivity contribution in [1.29, 1.82) is 0 Å². The van der Waals surface area contributed by atoms with Crippen LogP contribution in [0.4, 0.5) is 30.8 Å². The summed E-state index contributed by atoms with van der Waals surface area (Å²) in [5.41, 5.74) is 11.8. The number of pyridine rings is 1. The first-order chi connectivity index (χ1) is 11.2. The van der Waals surface area contributed by atoms with E-state index in [0.29, 0.717) is 11.3 Å². The van der Waals surface area contributed by atoms with Gasteiger partial charge in [0.15, 0.2) is 11.6 Å². The van der Waals surface area contributed by atoms with E-state index in [4.69, 9.17) is 16.2 Å². The summed E-state index contributed by atoms with van der Waals surface area (Å²) in [5.74, 6) is 0.538. The summed E-state index contributed by atoms with van der Waals surface area (Å²) in [6, 6.07) is 1.37. The maximum Gasteiger partial charge on any atom is 0.405 e. The first kappa shape index (κ1) is 17.6. The van der Waals surface area contributed by atoms with Gasteiger partial charge in [-0.3, -0.25) is 0 Å². The van der Waals surface area contributed by atoms with Crippen molar-refractivity contribution in [2.75, 3.05) is 23.3 Å². The molecule has 5 N–H and O–H groups in total. The number of ether oxygens (including phenoxy) is 1. The van der Waals surface area contributed by atoms with Crippen molar-refractivity contribution in [3.05, 3.63) is 24.0 Å². The van der Waals surface area contributed by atoms with Gasteiger partial charge in [-0.25, -0.2) is 9.97 Å². The lowest BCUT2D eigenvalue weighted by Gasteiger charge is -2.16. The van der Waals surface area contributed by atoms with Crippen LogP contribution in [0.2, 0.25) is 0 Å². The van der Waals surface area contributed by atoms with Crippen LogP contribution < -0.4 is 21.5 Å². The Morgan fingerprint density at radius 3 is 2.46 bits per heavy atom. The molecule has 0 saturated carbocycles. The summed E-state index contributed by atoms with van der Waals surface area (Å²) in [5, 5.41) is 2.20. The number of rotatable bonds is 5. The zero-order valence-corrected chi connectivity index (χ0v) is 13.1. The van der Waals surface area contributed by atoms with E-state index < -0.39 is 12.7 Å². The van der Waals surface area contributed by atoms with Gasteiger partial charge in [-0.05, 0) is 5.92 Å². The molecule has 7 nitrogen and oxygen atoms in total. The Bertz CT molecular complexity index is 720. The average molecular weight is 342 g/mol. The summed E-state index contributed by atoms with van der Waals surface area (Å²) in [6.07, 6.45) is -1.60. The molecule has 0 radical (unpaired) electrons. The molecule has 130 valence electrons. The Kier molecular flexibility index (Phi) is 4.96. The van der Waals surface area contributed by atoms with E-state index in [0.717, 1.165) is 0 Å². The third-order valence-corrected chi connectivity index (χ3v) is 3.01. The molecule has 0 aromatic carbocycles. The normalized spacial score (nSPS) is 11.6. The van der Waals surface area contributed by atoms with Crippen LogP contribution in [0.15, 0.2) is 18.5 Å². The zero-order chi connectivity index (χ0) is 17.9. The number of nitrogens with one attached hydrogen (secondary N) is 1. The van der Waals surface area contributed by atoms with Crippen molar-refractivity contribution in [3.8, 4) is 11.5 Å². The molecule has 0 aliphatic carbocycles. The highest BCUT2D eigenvalue weighted by Crippen LogP contribution is 2.33. The van der Waals surface area contributed by atoms with E-state index in [9.17, 15) is 13.2 Å². The van der Waals surface area contributed by atoms with Gasteiger partial charge in [0.05, 0.1) is 6.20 Å². The molecule has 0 aliphatic heterocycles. The average Bonchev–Trinajstić information content (AvgIpc) is 2.47. The predicted octanol–water partition coefficient (Wildman–Crippen LogP) is 2.93. The van der Waals surface area contributed by atoms with E-state index in [2.05, 4.69) is 20.3 Å². The summed E-state index contributed by atoms with van der Waals surface area (Å²) in [7, 11) is 0. The quantitative estimate of drug-likeness (QED) is 0.766. The fourth-order valence-electron chi connectivity index (χ4n) is 1.85. The van der Waals surface area contributed by atoms with Crippen molar-refractivity contribution in [1.82, 2.24) is 15.0 Å². The van der Waals surface area contributed by atoms with E-state index in [1.165, 1.54) is 18.5 Å². The molecule has 2 aromatic heterocycles. The second-order valence-corrected chi connectivity index (χ2v) is 5.31. The molecule has 2 aromatic rings. The summed E-state index contributed by atoms with van der Waals surface area (Å²) in [4.78, 5) is 11.5. The monoisotopic (exact) mass is 342 g/mol. The molecule has 0 unspecified atom stereocenters. The number of nitrogens with zero attached hydrogens (tertiary/aromatic N) is 3. The number of hydrogen-bond acceptors (Lipinski definition) is 7. The number of nitrogens with two attached hydrogens (primary N) is 2. The first-order valence-corrected chi connectivity index (χ1v) is 7.02. The summed E-state index contributed by atoms with van der Waals surface area (Å²) >= 11 is 0. The Morgan fingerprint density at radius 1 is 1.17 bits per heavy atom. The van der Waals surface area contributed by atoms with Crippen LogP contribution in [-0.2, 0) is 0 Å². The second kappa shape index (κ2) is 6.77. The minimum atomic E-state index is -4.35. The van der Waals surface area contributed by atoms with Crippen molar-refractivity contribution >= 4 is 17.6 Å². The molecule has 24 heavy (non-hydrogen) atoms. The summed E-state index contributed by atoms with van der Waals surface area (Å²) < 4.78 is 42.6. The molecular weight excluding hydrogens is 325 g/mol. The number of nitrogen functional groups attached to an aromatic ring is 2. The van der Waals surface area contributed by atoms with Gasteiger partial charge in [0, 0.05) is 17.8 Å². The van der Waals surface area contributed by atoms with E-state index in [-0.39, 0.29) is 29.3 Å². The third-order valence-electron chi connectivity index (χ3n) is 3.01. The molecule has 0 atom stereocenters. The van der Waals surface area contributed by atoms with Crippen LogP contribution in [0.1, 0.15) is 25.3 Å². The molecule has 0 amide bonds. The minimum Gasteiger partial charge on any atom is -0.451 e. The SMILES string of the molecule is CC(C)c1cnc(NCC(F)(F)F)cc1Oc1cnc(N)nc1N. The van der Waals surface area contributed by atoms with Crippen LogP contribution in [0, 0.1) is 0 Å². The highest BCUT2D eigenvalue weighted by molar-refractivity contribution is 5.52. The van der Waals surface area contributed by atoms with Gasteiger partial charge in [-0.2, -0.15) is 18.2 Å². The van der Waals surface area contributed by atoms with Crippen LogP contribution in [0.5, 0.6) is 11.5 Å². The second-order valence-electron chi connectivity index (χ2n) is 5.31. The molecule has 10 heteroatoms. The van der Waals surface area contributed by atoms with Crippen molar-refractivity contribution in [2.45, 2.75) is 25.9 Å². The third kappa shape index (κ3) is 4.61. The van der Waals surface area contributed by atoms with Gasteiger partial charge in [-0.15, -0.1) is 0 Å². The van der Waals surface area contributed by atoms with Crippen molar-refractivity contribution in [3.63, 3.8) is 0 Å². The largest absolute Gasteiger partial charge is 0.451 e.